The highest BCUT2D eigenvalue weighted by Gasteiger charge is 2.27. The first-order valence-electron chi connectivity index (χ1n) is 7.87. The van der Waals surface area contributed by atoms with Crippen LogP contribution in [0.5, 0.6) is 0 Å². The molecule has 0 aliphatic carbocycles. The number of benzene rings is 1. The van der Waals surface area contributed by atoms with Crippen LogP contribution >= 0.6 is 0 Å². The van der Waals surface area contributed by atoms with E-state index >= 15 is 0 Å². The number of rotatable bonds is 3. The molecule has 0 bridgehead atoms. The Morgan fingerprint density at radius 2 is 2.26 bits per heavy atom. The van der Waals surface area contributed by atoms with E-state index in [2.05, 4.69) is 10.1 Å². The average Bonchev–Trinajstić information content (AvgIpc) is 3.05. The van der Waals surface area contributed by atoms with Crippen molar-refractivity contribution in [3.8, 4) is 6.07 Å². The zero-order valence-electron chi connectivity index (χ0n) is 13.3. The van der Waals surface area contributed by atoms with Gasteiger partial charge in [0.2, 0.25) is 5.89 Å². The zero-order valence-corrected chi connectivity index (χ0v) is 13.3. The Labute approximate surface area is 134 Å². The van der Waals surface area contributed by atoms with E-state index in [0.717, 1.165) is 19.4 Å². The lowest BCUT2D eigenvalue weighted by atomic mass is 9.96. The summed E-state index contributed by atoms with van der Waals surface area (Å²) < 4.78 is 19.1. The summed E-state index contributed by atoms with van der Waals surface area (Å²) in [5.41, 5.74) is 0.744. The van der Waals surface area contributed by atoms with Gasteiger partial charge in [0.05, 0.1) is 5.69 Å². The lowest BCUT2D eigenvalue weighted by Gasteiger charge is -2.33. The predicted octanol–water partition coefficient (Wildman–Crippen LogP) is 3.59. The number of hydrogen-bond acceptors (Lipinski definition) is 5. The number of nitriles is 1. The molecule has 0 unspecified atom stereocenters. The van der Waals surface area contributed by atoms with Gasteiger partial charge in [0, 0.05) is 24.9 Å². The van der Waals surface area contributed by atoms with Crippen molar-refractivity contribution >= 4 is 5.69 Å². The summed E-state index contributed by atoms with van der Waals surface area (Å²) in [4.78, 5) is 6.52. The van der Waals surface area contributed by atoms with Gasteiger partial charge in [-0.15, -0.1) is 0 Å². The van der Waals surface area contributed by atoms with Crippen LogP contribution in [0.3, 0.4) is 0 Å². The lowest BCUT2D eigenvalue weighted by Crippen LogP contribution is -2.35. The Morgan fingerprint density at radius 3 is 2.96 bits per heavy atom. The molecular weight excluding hydrogens is 295 g/mol. The number of anilines is 1. The van der Waals surface area contributed by atoms with Crippen LogP contribution in [0.1, 0.15) is 55.8 Å². The summed E-state index contributed by atoms with van der Waals surface area (Å²) in [5.74, 6) is 1.20. The molecule has 0 radical (unpaired) electrons. The van der Waals surface area contributed by atoms with Gasteiger partial charge in [-0.2, -0.15) is 10.2 Å². The van der Waals surface area contributed by atoms with Crippen LogP contribution in [0, 0.1) is 17.1 Å². The fourth-order valence-corrected chi connectivity index (χ4v) is 2.94. The normalized spacial score (nSPS) is 18.2. The van der Waals surface area contributed by atoms with Crippen molar-refractivity contribution in [3.05, 3.63) is 41.3 Å². The van der Waals surface area contributed by atoms with Crippen molar-refractivity contribution < 1.29 is 8.91 Å². The molecule has 2 aromatic rings. The second-order valence-corrected chi connectivity index (χ2v) is 6.18. The largest absolute Gasteiger partial charge is 0.370 e. The standard InChI is InChI=1S/C17H19FN4O/c1-11(2)17-20-16(21-23-17)12-5-4-8-22(10-12)15-7-3-6-14(18)13(15)9-19/h3,6-7,11-12H,4-5,8,10H2,1-2H3/t12-/m1/s1. The molecule has 0 N–H and O–H groups in total. The number of piperidine rings is 1. The van der Waals surface area contributed by atoms with Crippen molar-refractivity contribution in [1.29, 1.82) is 5.26 Å². The number of hydrogen-bond donors (Lipinski definition) is 0. The molecule has 23 heavy (non-hydrogen) atoms. The lowest BCUT2D eigenvalue weighted by molar-refractivity contribution is 0.354. The number of nitrogens with zero attached hydrogens (tertiary/aromatic N) is 4. The minimum absolute atomic E-state index is 0.101. The highest BCUT2D eigenvalue weighted by molar-refractivity contribution is 5.60. The molecule has 6 heteroatoms. The fourth-order valence-electron chi connectivity index (χ4n) is 2.94. The molecule has 0 saturated carbocycles. The van der Waals surface area contributed by atoms with E-state index in [1.54, 1.807) is 12.1 Å². The summed E-state index contributed by atoms with van der Waals surface area (Å²) in [6.45, 7) is 5.48. The minimum Gasteiger partial charge on any atom is -0.370 e. The predicted molar refractivity (Wildman–Crippen MR) is 83.7 cm³/mol. The Hall–Kier alpha value is -2.42. The molecule has 2 heterocycles. The van der Waals surface area contributed by atoms with Gasteiger partial charge in [0.1, 0.15) is 17.4 Å². The van der Waals surface area contributed by atoms with E-state index in [1.807, 2.05) is 24.8 Å². The first kappa shape index (κ1) is 15.5. The molecule has 0 amide bonds. The summed E-state index contributed by atoms with van der Waals surface area (Å²) in [7, 11) is 0. The monoisotopic (exact) mass is 314 g/mol. The van der Waals surface area contributed by atoms with Gasteiger partial charge in [0.15, 0.2) is 5.82 Å². The smallest absolute Gasteiger partial charge is 0.229 e. The van der Waals surface area contributed by atoms with Crippen LogP contribution in [0.25, 0.3) is 0 Å². The third kappa shape index (κ3) is 3.04. The van der Waals surface area contributed by atoms with E-state index in [-0.39, 0.29) is 17.4 Å². The topological polar surface area (TPSA) is 66.0 Å². The summed E-state index contributed by atoms with van der Waals surface area (Å²) in [6.07, 6.45) is 1.91. The molecule has 1 atom stereocenters. The summed E-state index contributed by atoms with van der Waals surface area (Å²) >= 11 is 0. The van der Waals surface area contributed by atoms with Gasteiger partial charge in [-0.3, -0.25) is 0 Å². The van der Waals surface area contributed by atoms with E-state index in [4.69, 9.17) is 4.52 Å². The molecular formula is C17H19FN4O. The molecule has 1 aromatic heterocycles. The highest BCUT2D eigenvalue weighted by Crippen LogP contribution is 2.31. The molecule has 1 aliphatic heterocycles. The van der Waals surface area contributed by atoms with E-state index in [1.165, 1.54) is 6.07 Å². The third-order valence-corrected chi connectivity index (χ3v) is 4.18. The maximum Gasteiger partial charge on any atom is 0.229 e. The molecule has 120 valence electrons. The van der Waals surface area contributed by atoms with Crippen LogP contribution < -0.4 is 4.90 Å². The Kier molecular flexibility index (Phi) is 4.28. The van der Waals surface area contributed by atoms with Crippen LogP contribution in [0.2, 0.25) is 0 Å². The fraction of sp³-hybridized carbons (Fsp3) is 0.471. The second kappa shape index (κ2) is 6.37. The van der Waals surface area contributed by atoms with Gasteiger partial charge in [-0.25, -0.2) is 4.39 Å². The minimum atomic E-state index is -0.478. The van der Waals surface area contributed by atoms with Gasteiger partial charge in [-0.1, -0.05) is 25.1 Å². The molecule has 1 saturated heterocycles. The molecule has 1 fully saturated rings. The molecule has 3 rings (SSSR count). The molecule has 1 aromatic carbocycles. The summed E-state index contributed by atoms with van der Waals surface area (Å²) in [6, 6.07) is 6.72. The second-order valence-electron chi connectivity index (χ2n) is 6.18. The van der Waals surface area contributed by atoms with Crippen molar-refractivity contribution in [1.82, 2.24) is 10.1 Å². The number of halogens is 1. The van der Waals surface area contributed by atoms with E-state index in [0.29, 0.717) is 23.9 Å². The van der Waals surface area contributed by atoms with Crippen LogP contribution in [-0.2, 0) is 0 Å². The summed E-state index contributed by atoms with van der Waals surface area (Å²) in [5, 5.41) is 13.3. The van der Waals surface area contributed by atoms with Crippen LogP contribution in [0.4, 0.5) is 10.1 Å². The van der Waals surface area contributed by atoms with Crippen LogP contribution in [-0.4, -0.2) is 23.2 Å². The zero-order chi connectivity index (χ0) is 16.4. The van der Waals surface area contributed by atoms with Gasteiger partial charge in [0.25, 0.3) is 0 Å². The maximum atomic E-state index is 13.8. The van der Waals surface area contributed by atoms with Gasteiger partial charge < -0.3 is 9.42 Å². The highest BCUT2D eigenvalue weighted by atomic mass is 19.1. The van der Waals surface area contributed by atoms with E-state index in [9.17, 15) is 9.65 Å². The maximum absolute atomic E-state index is 13.8. The van der Waals surface area contributed by atoms with Gasteiger partial charge in [-0.05, 0) is 25.0 Å². The van der Waals surface area contributed by atoms with Crippen molar-refractivity contribution in [3.63, 3.8) is 0 Å². The Morgan fingerprint density at radius 1 is 1.43 bits per heavy atom. The first-order valence-corrected chi connectivity index (χ1v) is 7.87. The first-order chi connectivity index (χ1) is 11.1. The van der Waals surface area contributed by atoms with Crippen LogP contribution in [0.15, 0.2) is 22.7 Å². The Bertz CT molecular complexity index is 734. The van der Waals surface area contributed by atoms with Gasteiger partial charge >= 0.3 is 0 Å². The molecule has 0 spiro atoms. The van der Waals surface area contributed by atoms with Crippen molar-refractivity contribution in [2.75, 3.05) is 18.0 Å². The SMILES string of the molecule is CC(C)c1nc([C@@H]2CCCN(c3cccc(F)c3C#N)C2)no1. The molecule has 5 nitrogen and oxygen atoms in total. The van der Waals surface area contributed by atoms with Crippen molar-refractivity contribution in [2.45, 2.75) is 38.5 Å². The quantitative estimate of drug-likeness (QED) is 0.866. The Balaban J connectivity index is 1.84. The third-order valence-electron chi connectivity index (χ3n) is 4.18. The van der Waals surface area contributed by atoms with E-state index < -0.39 is 5.82 Å². The number of aromatic nitrogens is 2. The van der Waals surface area contributed by atoms with Crippen molar-refractivity contribution in [2.24, 2.45) is 0 Å². The molecule has 1 aliphatic rings. The average molecular weight is 314 g/mol.